The molecule has 1 aromatic heterocycles. The maximum Gasteiger partial charge on any atom is 0.0676 e. The number of hydrogen-bond acceptors (Lipinski definition) is 3. The maximum absolute atomic E-state index is 6.34. The van der Waals surface area contributed by atoms with Gasteiger partial charge in [-0.25, -0.2) is 0 Å². The van der Waals surface area contributed by atoms with E-state index in [0.29, 0.717) is 0 Å². The Labute approximate surface area is 122 Å². The second kappa shape index (κ2) is 6.26. The van der Waals surface area contributed by atoms with Crippen LogP contribution in [0.4, 0.5) is 0 Å². The first-order valence-corrected chi connectivity index (χ1v) is 7.22. The van der Waals surface area contributed by atoms with E-state index in [9.17, 15) is 0 Å². The highest BCUT2D eigenvalue weighted by atomic mass is 79.9. The Morgan fingerprint density at radius 1 is 1.26 bits per heavy atom. The molecule has 1 aromatic carbocycles. The number of halogens is 1. The summed E-state index contributed by atoms with van der Waals surface area (Å²) < 4.78 is 1.08. The fourth-order valence-corrected chi connectivity index (χ4v) is 2.60. The monoisotopic (exact) mass is 319 g/mol. The molecule has 19 heavy (non-hydrogen) atoms. The molecular formula is C15H18BrN3. The summed E-state index contributed by atoms with van der Waals surface area (Å²) in [6.07, 6.45) is 1.66. The van der Waals surface area contributed by atoms with Crippen LogP contribution in [0.25, 0.3) is 0 Å². The van der Waals surface area contributed by atoms with Crippen molar-refractivity contribution in [2.24, 2.45) is 5.73 Å². The summed E-state index contributed by atoms with van der Waals surface area (Å²) >= 11 is 3.48. The standard InChI is InChI=1S/C15H18BrN3/c1-3-15-13(7-10(2)18-19-15)14(17)9-11-5-4-6-12(16)8-11/h4-8,14H,3,9,17H2,1-2H3. The predicted molar refractivity (Wildman–Crippen MR) is 80.9 cm³/mol. The highest BCUT2D eigenvalue weighted by Crippen LogP contribution is 2.21. The molecule has 0 aliphatic carbocycles. The molecule has 2 aromatic rings. The third-order valence-electron chi connectivity index (χ3n) is 3.11. The van der Waals surface area contributed by atoms with Crippen molar-refractivity contribution in [2.75, 3.05) is 0 Å². The first-order chi connectivity index (χ1) is 9.10. The molecule has 0 aliphatic rings. The first-order valence-electron chi connectivity index (χ1n) is 6.43. The van der Waals surface area contributed by atoms with E-state index in [2.05, 4.69) is 51.3 Å². The molecule has 2 N–H and O–H groups in total. The summed E-state index contributed by atoms with van der Waals surface area (Å²) in [4.78, 5) is 0. The van der Waals surface area contributed by atoms with Crippen molar-refractivity contribution in [1.82, 2.24) is 10.2 Å². The van der Waals surface area contributed by atoms with Gasteiger partial charge in [-0.2, -0.15) is 10.2 Å². The summed E-state index contributed by atoms with van der Waals surface area (Å²) in [5.74, 6) is 0. The molecule has 0 bridgehead atoms. The lowest BCUT2D eigenvalue weighted by molar-refractivity contribution is 0.691. The summed E-state index contributed by atoms with van der Waals surface area (Å²) in [7, 11) is 0. The zero-order valence-electron chi connectivity index (χ0n) is 11.2. The molecule has 0 spiro atoms. The van der Waals surface area contributed by atoms with Gasteiger partial charge in [0, 0.05) is 10.5 Å². The van der Waals surface area contributed by atoms with E-state index < -0.39 is 0 Å². The molecular weight excluding hydrogens is 302 g/mol. The number of aryl methyl sites for hydroxylation is 2. The van der Waals surface area contributed by atoms with Crippen molar-refractivity contribution < 1.29 is 0 Å². The van der Waals surface area contributed by atoms with Crippen molar-refractivity contribution in [3.05, 3.63) is 57.3 Å². The van der Waals surface area contributed by atoms with Crippen LogP contribution in [0.15, 0.2) is 34.8 Å². The third kappa shape index (κ3) is 3.61. The summed E-state index contributed by atoms with van der Waals surface area (Å²) in [6.45, 7) is 4.02. The average Bonchev–Trinajstić information content (AvgIpc) is 2.38. The second-order valence-corrected chi connectivity index (χ2v) is 5.60. The molecule has 0 aliphatic heterocycles. The Hall–Kier alpha value is -1.26. The van der Waals surface area contributed by atoms with Crippen LogP contribution in [0.2, 0.25) is 0 Å². The minimum Gasteiger partial charge on any atom is -0.324 e. The van der Waals surface area contributed by atoms with Crippen molar-refractivity contribution >= 4 is 15.9 Å². The quantitative estimate of drug-likeness (QED) is 0.940. The van der Waals surface area contributed by atoms with E-state index in [0.717, 1.165) is 34.3 Å². The lowest BCUT2D eigenvalue weighted by Crippen LogP contribution is -2.17. The van der Waals surface area contributed by atoms with Crippen LogP contribution >= 0.6 is 15.9 Å². The topological polar surface area (TPSA) is 51.8 Å². The lowest BCUT2D eigenvalue weighted by Gasteiger charge is -2.15. The number of nitrogens with zero attached hydrogens (tertiary/aromatic N) is 2. The summed E-state index contributed by atoms with van der Waals surface area (Å²) in [6, 6.07) is 10.3. The highest BCUT2D eigenvalue weighted by molar-refractivity contribution is 9.10. The molecule has 1 unspecified atom stereocenters. The molecule has 100 valence electrons. The van der Waals surface area contributed by atoms with Crippen LogP contribution in [0.1, 0.15) is 35.5 Å². The van der Waals surface area contributed by atoms with Gasteiger partial charge in [-0.15, -0.1) is 0 Å². The van der Waals surface area contributed by atoms with E-state index in [1.165, 1.54) is 5.56 Å². The summed E-state index contributed by atoms with van der Waals surface area (Å²) in [5.41, 5.74) is 10.6. The van der Waals surface area contributed by atoms with Gasteiger partial charge in [-0.1, -0.05) is 35.0 Å². The minimum absolute atomic E-state index is 0.0431. The molecule has 1 atom stereocenters. The normalized spacial score (nSPS) is 12.4. The van der Waals surface area contributed by atoms with Crippen LogP contribution < -0.4 is 5.73 Å². The van der Waals surface area contributed by atoms with Gasteiger partial charge in [-0.3, -0.25) is 0 Å². The zero-order valence-corrected chi connectivity index (χ0v) is 12.8. The fraction of sp³-hybridized carbons (Fsp3) is 0.333. The molecule has 0 radical (unpaired) electrons. The molecule has 0 amide bonds. The van der Waals surface area contributed by atoms with E-state index >= 15 is 0 Å². The number of aromatic nitrogens is 2. The number of benzene rings is 1. The minimum atomic E-state index is -0.0431. The Bertz CT molecular complexity index is 569. The molecule has 1 heterocycles. The molecule has 4 heteroatoms. The van der Waals surface area contributed by atoms with Crippen LogP contribution in [-0.4, -0.2) is 10.2 Å². The van der Waals surface area contributed by atoms with Gasteiger partial charge in [0.15, 0.2) is 0 Å². The summed E-state index contributed by atoms with van der Waals surface area (Å²) in [5, 5.41) is 8.34. The van der Waals surface area contributed by atoms with Gasteiger partial charge in [0.2, 0.25) is 0 Å². The Balaban J connectivity index is 2.24. The van der Waals surface area contributed by atoms with Gasteiger partial charge in [-0.05, 0) is 49.1 Å². The zero-order chi connectivity index (χ0) is 13.8. The molecule has 0 fully saturated rings. The van der Waals surface area contributed by atoms with Gasteiger partial charge in [0.05, 0.1) is 11.4 Å². The van der Waals surface area contributed by atoms with Crippen LogP contribution in [0.5, 0.6) is 0 Å². The van der Waals surface area contributed by atoms with Gasteiger partial charge < -0.3 is 5.73 Å². The molecule has 2 rings (SSSR count). The SMILES string of the molecule is CCc1nnc(C)cc1C(N)Cc1cccc(Br)c1. The van der Waals surface area contributed by atoms with Crippen LogP contribution in [0, 0.1) is 6.92 Å². The second-order valence-electron chi connectivity index (χ2n) is 4.68. The number of nitrogens with two attached hydrogens (primary N) is 1. The predicted octanol–water partition coefficient (Wildman–Crippen LogP) is 3.35. The van der Waals surface area contributed by atoms with Crippen LogP contribution in [-0.2, 0) is 12.8 Å². The third-order valence-corrected chi connectivity index (χ3v) is 3.60. The Kier molecular flexibility index (Phi) is 4.66. The lowest BCUT2D eigenvalue weighted by atomic mass is 9.97. The Morgan fingerprint density at radius 3 is 2.74 bits per heavy atom. The van der Waals surface area contributed by atoms with Crippen molar-refractivity contribution in [3.8, 4) is 0 Å². The van der Waals surface area contributed by atoms with E-state index in [1.54, 1.807) is 0 Å². The molecule has 0 saturated heterocycles. The fourth-order valence-electron chi connectivity index (χ4n) is 2.16. The number of rotatable bonds is 4. The molecule has 0 saturated carbocycles. The first kappa shape index (κ1) is 14.2. The van der Waals surface area contributed by atoms with Crippen molar-refractivity contribution in [3.63, 3.8) is 0 Å². The smallest absolute Gasteiger partial charge is 0.0676 e. The molecule has 3 nitrogen and oxygen atoms in total. The van der Waals surface area contributed by atoms with Crippen LogP contribution in [0.3, 0.4) is 0 Å². The van der Waals surface area contributed by atoms with Gasteiger partial charge >= 0.3 is 0 Å². The van der Waals surface area contributed by atoms with E-state index in [-0.39, 0.29) is 6.04 Å². The van der Waals surface area contributed by atoms with Crippen molar-refractivity contribution in [2.45, 2.75) is 32.7 Å². The average molecular weight is 320 g/mol. The largest absolute Gasteiger partial charge is 0.324 e. The maximum atomic E-state index is 6.34. The highest BCUT2D eigenvalue weighted by Gasteiger charge is 2.13. The van der Waals surface area contributed by atoms with Crippen molar-refractivity contribution in [1.29, 1.82) is 0 Å². The van der Waals surface area contributed by atoms with E-state index in [4.69, 9.17) is 5.73 Å². The Morgan fingerprint density at radius 2 is 2.05 bits per heavy atom. The van der Waals surface area contributed by atoms with E-state index in [1.807, 2.05) is 19.1 Å². The number of hydrogen-bond donors (Lipinski definition) is 1. The van der Waals surface area contributed by atoms with Gasteiger partial charge in [0.25, 0.3) is 0 Å². The van der Waals surface area contributed by atoms with Gasteiger partial charge in [0.1, 0.15) is 0 Å².